The fourth-order valence-electron chi connectivity index (χ4n) is 5.47. The summed E-state index contributed by atoms with van der Waals surface area (Å²) >= 11 is 3.24. The number of amides is 1. The predicted octanol–water partition coefficient (Wildman–Crippen LogP) is 8.38. The van der Waals surface area contributed by atoms with E-state index in [0.29, 0.717) is 17.8 Å². The molecule has 0 bridgehead atoms. The first-order valence-corrected chi connectivity index (χ1v) is 17.3. The van der Waals surface area contributed by atoms with Gasteiger partial charge in [0.2, 0.25) is 0 Å². The number of thiophene rings is 1. The van der Waals surface area contributed by atoms with E-state index in [1.54, 1.807) is 27.0 Å². The van der Waals surface area contributed by atoms with Crippen LogP contribution in [0.5, 0.6) is 6.01 Å². The van der Waals surface area contributed by atoms with E-state index >= 15 is 8.78 Å². The Morgan fingerprint density at radius 1 is 1.18 bits per heavy atom. The van der Waals surface area contributed by atoms with Crippen molar-refractivity contribution in [2.45, 2.75) is 64.9 Å². The molecule has 4 aromatic rings. The molecule has 9 nitrogen and oxygen atoms in total. The summed E-state index contributed by atoms with van der Waals surface area (Å²) in [6.07, 6.45) is 7.11. The minimum Gasteiger partial charge on any atom is -0.463 e. The Kier molecular flexibility index (Phi) is 8.73. The monoisotopic (exact) mass is 746 g/mol. The number of rotatable bonds is 7. The van der Waals surface area contributed by atoms with E-state index < -0.39 is 23.3 Å². The number of nitrogens with zero attached hydrogens (tertiary/aromatic N) is 5. The third-order valence-corrected chi connectivity index (χ3v) is 10.8. The summed E-state index contributed by atoms with van der Waals surface area (Å²) in [4.78, 5) is 28.5. The van der Waals surface area contributed by atoms with E-state index in [-0.39, 0.29) is 48.9 Å². The fraction of sp³-hybridized carbons (Fsp3) is 0.469. The van der Waals surface area contributed by atoms with Crippen molar-refractivity contribution in [1.29, 1.82) is 5.26 Å². The van der Waals surface area contributed by atoms with Crippen molar-refractivity contribution < 1.29 is 23.0 Å². The van der Waals surface area contributed by atoms with Gasteiger partial charge in [-0.3, -0.25) is 10.3 Å². The molecule has 2 aliphatic rings. The molecule has 45 heavy (non-hydrogen) atoms. The zero-order valence-corrected chi connectivity index (χ0v) is 28.3. The van der Waals surface area contributed by atoms with E-state index in [9.17, 15) is 10.1 Å². The molecule has 1 amide bonds. The second-order valence-corrected chi connectivity index (χ2v) is 14.5. The van der Waals surface area contributed by atoms with Crippen LogP contribution in [-0.2, 0) is 4.74 Å². The molecular weight excluding hydrogens is 713 g/mol. The minimum atomic E-state index is -0.789. The van der Waals surface area contributed by atoms with E-state index in [0.717, 1.165) is 67.4 Å². The summed E-state index contributed by atoms with van der Waals surface area (Å²) in [6.45, 7) is 7.13. The largest absolute Gasteiger partial charge is 0.463 e. The SMILES string of the molecule is CC(C)(C)OC(=O)Nc1sc2c(F)ccc(-c3ncc4c(N5CCCCCC5)nc(OCC5(CI)CC5)nc4c3F)c2c1C#N. The van der Waals surface area contributed by atoms with Crippen LogP contribution in [0.2, 0.25) is 0 Å². The molecule has 1 saturated carbocycles. The number of benzene rings is 1. The lowest BCUT2D eigenvalue weighted by Crippen LogP contribution is -2.27. The van der Waals surface area contributed by atoms with Crippen LogP contribution in [0.15, 0.2) is 18.3 Å². The third-order valence-electron chi connectivity index (χ3n) is 8.07. The Morgan fingerprint density at radius 3 is 2.56 bits per heavy atom. The van der Waals surface area contributed by atoms with E-state index in [4.69, 9.17) is 14.5 Å². The molecule has 0 unspecified atom stereocenters. The highest BCUT2D eigenvalue weighted by molar-refractivity contribution is 14.1. The maximum absolute atomic E-state index is 16.7. The Balaban J connectivity index is 1.48. The number of nitrogens with one attached hydrogen (secondary N) is 1. The maximum atomic E-state index is 16.7. The molecule has 3 aromatic heterocycles. The topological polar surface area (TPSA) is 113 Å². The van der Waals surface area contributed by atoms with Gasteiger partial charge in [0.15, 0.2) is 5.82 Å². The van der Waals surface area contributed by atoms with Crippen molar-refractivity contribution in [1.82, 2.24) is 15.0 Å². The van der Waals surface area contributed by atoms with Crippen molar-refractivity contribution >= 4 is 71.8 Å². The lowest BCUT2D eigenvalue weighted by molar-refractivity contribution is 0.0636. The number of halogens is 3. The normalized spacial score (nSPS) is 16.3. The number of hydrogen-bond donors (Lipinski definition) is 1. The van der Waals surface area contributed by atoms with Crippen LogP contribution in [0.4, 0.5) is 24.4 Å². The van der Waals surface area contributed by atoms with Gasteiger partial charge in [-0.25, -0.2) is 13.6 Å². The first-order chi connectivity index (χ1) is 21.5. The predicted molar refractivity (Wildman–Crippen MR) is 179 cm³/mol. The van der Waals surface area contributed by atoms with Crippen LogP contribution in [-0.4, -0.2) is 50.8 Å². The number of fused-ring (bicyclic) bond motifs is 2. The van der Waals surface area contributed by atoms with Gasteiger partial charge in [0.05, 0.1) is 22.3 Å². The number of carbonyl (C=O) groups excluding carboxylic acids is 1. The van der Waals surface area contributed by atoms with Crippen LogP contribution in [0.25, 0.3) is 32.2 Å². The third kappa shape index (κ3) is 6.49. The molecule has 0 atom stereocenters. The number of pyridine rings is 1. The lowest BCUT2D eigenvalue weighted by Gasteiger charge is -2.24. The Bertz CT molecular complexity index is 1820. The lowest BCUT2D eigenvalue weighted by atomic mass is 10.0. The van der Waals surface area contributed by atoms with Crippen LogP contribution < -0.4 is 15.0 Å². The molecule has 2 fully saturated rings. The van der Waals surface area contributed by atoms with Crippen molar-refractivity contribution in [2.24, 2.45) is 5.41 Å². The summed E-state index contributed by atoms with van der Waals surface area (Å²) in [5.41, 5.74) is -0.545. The van der Waals surface area contributed by atoms with Crippen LogP contribution in [0.3, 0.4) is 0 Å². The molecule has 4 heterocycles. The number of hydrogen-bond acceptors (Lipinski definition) is 9. The first-order valence-electron chi connectivity index (χ1n) is 15.0. The number of ether oxygens (including phenoxy) is 2. The molecule has 0 spiro atoms. The zero-order chi connectivity index (χ0) is 31.9. The Morgan fingerprint density at radius 2 is 1.91 bits per heavy atom. The smallest absolute Gasteiger partial charge is 0.412 e. The summed E-state index contributed by atoms with van der Waals surface area (Å²) in [5, 5.41) is 13.4. The van der Waals surface area contributed by atoms with Gasteiger partial charge in [0.1, 0.15) is 39.5 Å². The molecule has 1 N–H and O–H groups in total. The van der Waals surface area contributed by atoms with Gasteiger partial charge < -0.3 is 14.4 Å². The summed E-state index contributed by atoms with van der Waals surface area (Å²) < 4.78 is 44.3. The van der Waals surface area contributed by atoms with Crippen molar-refractivity contribution in [2.75, 3.05) is 34.3 Å². The van der Waals surface area contributed by atoms with Crippen LogP contribution in [0.1, 0.15) is 64.9 Å². The van der Waals surface area contributed by atoms with Gasteiger partial charge in [0.25, 0.3) is 0 Å². The number of nitriles is 1. The van der Waals surface area contributed by atoms with Gasteiger partial charge in [-0.2, -0.15) is 15.2 Å². The number of alkyl halides is 1. The Hall–Kier alpha value is -3.38. The average Bonchev–Trinajstić information content (AvgIpc) is 3.75. The van der Waals surface area contributed by atoms with E-state index in [1.165, 1.54) is 12.1 Å². The first kappa shape index (κ1) is 31.6. The molecule has 6 rings (SSSR count). The number of aromatic nitrogens is 3. The highest BCUT2D eigenvalue weighted by Crippen LogP contribution is 2.47. The quantitative estimate of drug-likeness (QED) is 0.148. The van der Waals surface area contributed by atoms with Gasteiger partial charge in [-0.05, 0) is 58.6 Å². The molecule has 13 heteroatoms. The van der Waals surface area contributed by atoms with E-state index in [1.807, 2.05) is 0 Å². The number of carbonyl (C=O) groups is 1. The molecule has 1 saturated heterocycles. The number of anilines is 2. The minimum absolute atomic E-state index is 0.0119. The van der Waals surface area contributed by atoms with Gasteiger partial charge in [0, 0.05) is 40.1 Å². The maximum Gasteiger partial charge on any atom is 0.412 e. The van der Waals surface area contributed by atoms with Crippen molar-refractivity contribution in [3.8, 4) is 23.3 Å². The molecule has 1 aromatic carbocycles. The molecule has 0 radical (unpaired) electrons. The molecule has 236 valence electrons. The summed E-state index contributed by atoms with van der Waals surface area (Å²) in [7, 11) is 0. The highest BCUT2D eigenvalue weighted by Gasteiger charge is 2.42. The fourth-order valence-corrected chi connectivity index (χ4v) is 7.52. The van der Waals surface area contributed by atoms with Crippen LogP contribution in [0, 0.1) is 28.4 Å². The second-order valence-electron chi connectivity index (χ2n) is 12.7. The summed E-state index contributed by atoms with van der Waals surface area (Å²) in [5.74, 6) is -0.759. The van der Waals surface area contributed by atoms with Crippen molar-refractivity contribution in [3.05, 3.63) is 35.5 Å². The molecular formula is C32H33F2IN6O3S. The average molecular weight is 747 g/mol. The highest BCUT2D eigenvalue weighted by atomic mass is 127. The molecule has 1 aliphatic heterocycles. The van der Waals surface area contributed by atoms with Gasteiger partial charge >= 0.3 is 12.1 Å². The standard InChI is InChI=1S/C32H33F2IN6O3S/c1-31(2,3)44-30(42)40-28-19(14-36)22-18(8-9-21(33)26(22)45-28)24-23(34)25-20(15-37-24)27(41-12-6-4-5-7-13-41)39-29(38-25)43-17-32(16-35)10-11-32/h8-9,15H,4-7,10-13,16-17H2,1-3H3,(H,40,42). The zero-order valence-electron chi connectivity index (χ0n) is 25.3. The Labute approximate surface area is 277 Å². The van der Waals surface area contributed by atoms with E-state index in [2.05, 4.69) is 48.8 Å². The molecule has 1 aliphatic carbocycles. The van der Waals surface area contributed by atoms with Crippen LogP contribution >= 0.6 is 33.9 Å². The second kappa shape index (κ2) is 12.4. The van der Waals surface area contributed by atoms with Crippen molar-refractivity contribution in [3.63, 3.8) is 0 Å². The van der Waals surface area contributed by atoms with Gasteiger partial charge in [-0.15, -0.1) is 11.3 Å². The summed E-state index contributed by atoms with van der Waals surface area (Å²) in [6, 6.07) is 4.76. The van der Waals surface area contributed by atoms with Gasteiger partial charge in [-0.1, -0.05) is 35.4 Å².